The van der Waals surface area contributed by atoms with Crippen molar-refractivity contribution in [3.63, 3.8) is 0 Å². The van der Waals surface area contributed by atoms with Gasteiger partial charge in [0, 0.05) is 6.07 Å². The molecule has 0 amide bonds. The standard InChI is InChI=1S/C10H6N6O5/c17-5-1-4(14-10(20)15-5)9(19)21-16-3-13-6-7(16)11-2-12-8(6)18/h1-3H,(H,11,12,18)(H2,14,15,17,20). The van der Waals surface area contributed by atoms with Gasteiger partial charge >= 0.3 is 11.7 Å². The maximum Gasteiger partial charge on any atom is 0.380 e. The molecule has 3 heterocycles. The first-order valence-electron chi connectivity index (χ1n) is 5.51. The first kappa shape index (κ1) is 12.5. The van der Waals surface area contributed by atoms with E-state index in [0.717, 1.165) is 23.5 Å². The van der Waals surface area contributed by atoms with Gasteiger partial charge in [0.25, 0.3) is 11.1 Å². The van der Waals surface area contributed by atoms with E-state index in [4.69, 9.17) is 4.84 Å². The molecule has 3 aromatic rings. The molecule has 0 aliphatic carbocycles. The quantitative estimate of drug-likeness (QED) is 0.482. The third-order valence-electron chi connectivity index (χ3n) is 2.47. The largest absolute Gasteiger partial charge is 0.380 e. The van der Waals surface area contributed by atoms with Crippen LogP contribution in [0.2, 0.25) is 0 Å². The number of aromatic nitrogens is 6. The Kier molecular flexibility index (Phi) is 2.72. The summed E-state index contributed by atoms with van der Waals surface area (Å²) in [6.07, 6.45) is 2.18. The monoisotopic (exact) mass is 290 g/mol. The van der Waals surface area contributed by atoms with E-state index >= 15 is 0 Å². The summed E-state index contributed by atoms with van der Waals surface area (Å²) < 4.78 is 0.854. The lowest BCUT2D eigenvalue weighted by Gasteiger charge is -2.03. The second kappa shape index (κ2) is 4.56. The molecule has 0 spiro atoms. The minimum atomic E-state index is -1.01. The van der Waals surface area contributed by atoms with Crippen molar-refractivity contribution in [2.45, 2.75) is 0 Å². The summed E-state index contributed by atoms with van der Waals surface area (Å²) in [6.45, 7) is 0. The van der Waals surface area contributed by atoms with Gasteiger partial charge in [-0.05, 0) is 0 Å². The maximum atomic E-state index is 11.8. The highest BCUT2D eigenvalue weighted by Crippen LogP contribution is 2.02. The predicted octanol–water partition coefficient (Wildman–Crippen LogP) is -2.23. The fourth-order valence-electron chi connectivity index (χ4n) is 1.61. The number of hydrogen-bond donors (Lipinski definition) is 3. The Hall–Kier alpha value is -3.50. The van der Waals surface area contributed by atoms with E-state index < -0.39 is 22.8 Å². The molecule has 21 heavy (non-hydrogen) atoms. The molecule has 0 atom stereocenters. The van der Waals surface area contributed by atoms with E-state index in [2.05, 4.69) is 19.9 Å². The second-order valence-electron chi connectivity index (χ2n) is 3.85. The van der Waals surface area contributed by atoms with Crippen LogP contribution in [0, 0.1) is 0 Å². The number of nitrogens with zero attached hydrogens (tertiary/aromatic N) is 3. The van der Waals surface area contributed by atoms with Gasteiger partial charge in [-0.15, -0.1) is 4.73 Å². The lowest BCUT2D eigenvalue weighted by atomic mass is 10.4. The minimum absolute atomic E-state index is 0.0132. The highest BCUT2D eigenvalue weighted by Gasteiger charge is 2.14. The van der Waals surface area contributed by atoms with Gasteiger partial charge in [0.2, 0.25) is 5.65 Å². The van der Waals surface area contributed by atoms with E-state index in [1.165, 1.54) is 0 Å². The molecule has 0 bridgehead atoms. The average Bonchev–Trinajstić information content (AvgIpc) is 2.82. The number of aromatic amines is 3. The fraction of sp³-hybridized carbons (Fsp3) is 0. The van der Waals surface area contributed by atoms with Crippen molar-refractivity contribution in [3.05, 3.63) is 55.6 Å². The molecule has 106 valence electrons. The Labute approximate surface area is 113 Å². The Bertz CT molecular complexity index is 980. The summed E-state index contributed by atoms with van der Waals surface area (Å²) >= 11 is 0. The van der Waals surface area contributed by atoms with Crippen LogP contribution >= 0.6 is 0 Å². The van der Waals surface area contributed by atoms with Gasteiger partial charge in [0.1, 0.15) is 12.0 Å². The zero-order valence-corrected chi connectivity index (χ0v) is 10.1. The van der Waals surface area contributed by atoms with Crippen molar-refractivity contribution in [2.75, 3.05) is 0 Å². The number of H-pyrrole nitrogens is 3. The van der Waals surface area contributed by atoms with Gasteiger partial charge in [-0.1, -0.05) is 0 Å². The Morgan fingerprint density at radius 2 is 2.00 bits per heavy atom. The van der Waals surface area contributed by atoms with Crippen molar-refractivity contribution < 1.29 is 9.63 Å². The van der Waals surface area contributed by atoms with Gasteiger partial charge in [-0.2, -0.15) is 0 Å². The van der Waals surface area contributed by atoms with Crippen LogP contribution in [0.15, 0.2) is 33.1 Å². The number of nitrogens with one attached hydrogen (secondary N) is 3. The molecule has 0 fully saturated rings. The van der Waals surface area contributed by atoms with Crippen LogP contribution in [0.1, 0.15) is 10.5 Å². The van der Waals surface area contributed by atoms with E-state index in [1.54, 1.807) is 0 Å². The molecule has 0 saturated carbocycles. The summed E-state index contributed by atoms with van der Waals surface area (Å²) in [5, 5.41) is 0. The van der Waals surface area contributed by atoms with Gasteiger partial charge in [-0.3, -0.25) is 14.6 Å². The number of carbonyl (C=O) groups excluding carboxylic acids is 1. The smallest absolute Gasteiger partial charge is 0.326 e. The number of imidazole rings is 1. The second-order valence-corrected chi connectivity index (χ2v) is 3.85. The SMILES string of the molecule is O=C(On1cnc2c(=O)[nH]cnc21)c1cc(=O)[nH]c(=O)[nH]1. The third kappa shape index (κ3) is 2.22. The van der Waals surface area contributed by atoms with Crippen LogP contribution in [0.5, 0.6) is 0 Å². The highest BCUT2D eigenvalue weighted by molar-refractivity contribution is 5.87. The Morgan fingerprint density at radius 1 is 1.19 bits per heavy atom. The molecular weight excluding hydrogens is 284 g/mol. The van der Waals surface area contributed by atoms with Crippen molar-refractivity contribution in [1.82, 2.24) is 29.7 Å². The molecule has 0 aromatic carbocycles. The van der Waals surface area contributed by atoms with Crippen molar-refractivity contribution in [3.8, 4) is 0 Å². The van der Waals surface area contributed by atoms with Gasteiger partial charge in [0.15, 0.2) is 5.52 Å². The van der Waals surface area contributed by atoms with Crippen LogP contribution in [-0.2, 0) is 0 Å². The van der Waals surface area contributed by atoms with Gasteiger partial charge in [0.05, 0.1) is 6.33 Å². The number of hydrogen-bond acceptors (Lipinski definition) is 7. The van der Waals surface area contributed by atoms with E-state index in [9.17, 15) is 19.2 Å². The molecular formula is C10H6N6O5. The molecule has 11 heteroatoms. The first-order valence-corrected chi connectivity index (χ1v) is 5.51. The normalized spacial score (nSPS) is 10.7. The van der Waals surface area contributed by atoms with Gasteiger partial charge in [-0.25, -0.2) is 19.6 Å². The van der Waals surface area contributed by atoms with Crippen LogP contribution in [-0.4, -0.2) is 35.6 Å². The zero-order valence-electron chi connectivity index (χ0n) is 10.1. The molecule has 0 saturated heterocycles. The van der Waals surface area contributed by atoms with E-state index in [0.29, 0.717) is 0 Å². The molecule has 0 aliphatic rings. The Morgan fingerprint density at radius 3 is 2.76 bits per heavy atom. The summed E-state index contributed by atoms with van der Waals surface area (Å²) in [7, 11) is 0. The minimum Gasteiger partial charge on any atom is -0.326 e. The lowest BCUT2D eigenvalue weighted by molar-refractivity contribution is 0.0469. The average molecular weight is 290 g/mol. The number of fused-ring (bicyclic) bond motifs is 1. The third-order valence-corrected chi connectivity index (χ3v) is 2.47. The topological polar surface area (TPSA) is 156 Å². The molecule has 0 radical (unpaired) electrons. The van der Waals surface area contributed by atoms with Crippen LogP contribution in [0.3, 0.4) is 0 Å². The summed E-state index contributed by atoms with van der Waals surface area (Å²) in [5.41, 5.74) is -2.46. The van der Waals surface area contributed by atoms with Crippen LogP contribution in [0.4, 0.5) is 0 Å². The van der Waals surface area contributed by atoms with Gasteiger partial charge < -0.3 is 14.8 Å². The summed E-state index contributed by atoms with van der Waals surface area (Å²) in [4.78, 5) is 64.2. The number of rotatable bonds is 2. The fourth-order valence-corrected chi connectivity index (χ4v) is 1.61. The highest BCUT2D eigenvalue weighted by atomic mass is 16.7. The Balaban J connectivity index is 2.00. The van der Waals surface area contributed by atoms with Crippen molar-refractivity contribution in [2.24, 2.45) is 0 Å². The lowest BCUT2D eigenvalue weighted by Crippen LogP contribution is -2.28. The zero-order chi connectivity index (χ0) is 15.0. The summed E-state index contributed by atoms with van der Waals surface area (Å²) in [6, 6.07) is 0.864. The first-order chi connectivity index (χ1) is 10.0. The van der Waals surface area contributed by atoms with E-state index in [1.807, 2.05) is 4.98 Å². The molecule has 0 unspecified atom stereocenters. The predicted molar refractivity (Wildman–Crippen MR) is 66.7 cm³/mol. The maximum absolute atomic E-state index is 11.8. The van der Waals surface area contributed by atoms with Crippen molar-refractivity contribution in [1.29, 1.82) is 0 Å². The van der Waals surface area contributed by atoms with Crippen LogP contribution in [0.25, 0.3) is 11.2 Å². The van der Waals surface area contributed by atoms with Crippen LogP contribution < -0.4 is 21.6 Å². The number of carbonyl (C=O) groups is 1. The van der Waals surface area contributed by atoms with E-state index in [-0.39, 0.29) is 16.9 Å². The summed E-state index contributed by atoms with van der Waals surface area (Å²) in [5.74, 6) is -1.01. The van der Waals surface area contributed by atoms with Crippen molar-refractivity contribution >= 4 is 17.1 Å². The molecule has 11 nitrogen and oxygen atoms in total. The molecule has 3 rings (SSSR count). The molecule has 3 N–H and O–H groups in total. The molecule has 3 aromatic heterocycles. The molecule has 0 aliphatic heterocycles.